The largest absolute Gasteiger partial charge is 0.343 e. The standard InChI is InChI=1S/C13H7F3N4O/c14-7-1-2-8(11(16)10(7)15)20-13(21)6-3-9-12(17-4-6)19-5-18-9/h1-5H,(H,20,21)(H,17,18,19). The summed E-state index contributed by atoms with van der Waals surface area (Å²) in [4.78, 5) is 22.5. The monoisotopic (exact) mass is 292 g/mol. The van der Waals surface area contributed by atoms with E-state index in [0.717, 1.165) is 12.1 Å². The van der Waals surface area contributed by atoms with Crippen molar-refractivity contribution in [3.8, 4) is 0 Å². The third kappa shape index (κ3) is 2.31. The molecule has 0 aliphatic carbocycles. The fraction of sp³-hybridized carbons (Fsp3) is 0. The lowest BCUT2D eigenvalue weighted by Gasteiger charge is -2.07. The van der Waals surface area contributed by atoms with Crippen LogP contribution in [0.4, 0.5) is 18.9 Å². The second-order valence-corrected chi connectivity index (χ2v) is 4.17. The number of hydrogen-bond donors (Lipinski definition) is 2. The van der Waals surface area contributed by atoms with Crippen LogP contribution in [0.1, 0.15) is 10.4 Å². The van der Waals surface area contributed by atoms with Crippen molar-refractivity contribution in [3.63, 3.8) is 0 Å². The third-order valence-electron chi connectivity index (χ3n) is 2.82. The van der Waals surface area contributed by atoms with Crippen LogP contribution in [-0.4, -0.2) is 20.9 Å². The molecule has 21 heavy (non-hydrogen) atoms. The molecule has 106 valence electrons. The third-order valence-corrected chi connectivity index (χ3v) is 2.82. The van der Waals surface area contributed by atoms with Crippen molar-refractivity contribution < 1.29 is 18.0 Å². The number of carbonyl (C=O) groups excluding carboxylic acids is 1. The van der Waals surface area contributed by atoms with Gasteiger partial charge < -0.3 is 10.3 Å². The van der Waals surface area contributed by atoms with Crippen LogP contribution >= 0.6 is 0 Å². The highest BCUT2D eigenvalue weighted by molar-refractivity contribution is 6.05. The molecule has 0 unspecified atom stereocenters. The number of aromatic amines is 1. The van der Waals surface area contributed by atoms with Gasteiger partial charge in [0.1, 0.15) is 0 Å². The normalized spacial score (nSPS) is 10.8. The molecule has 0 fully saturated rings. The van der Waals surface area contributed by atoms with E-state index in [9.17, 15) is 18.0 Å². The van der Waals surface area contributed by atoms with E-state index in [4.69, 9.17) is 0 Å². The molecular formula is C13H7F3N4O. The number of fused-ring (bicyclic) bond motifs is 1. The van der Waals surface area contributed by atoms with Crippen molar-refractivity contribution in [3.05, 3.63) is 53.7 Å². The van der Waals surface area contributed by atoms with Crippen molar-refractivity contribution in [1.82, 2.24) is 15.0 Å². The van der Waals surface area contributed by atoms with E-state index in [2.05, 4.69) is 20.3 Å². The molecule has 5 nitrogen and oxygen atoms in total. The maximum absolute atomic E-state index is 13.5. The molecule has 2 N–H and O–H groups in total. The van der Waals surface area contributed by atoms with Gasteiger partial charge in [0.05, 0.1) is 23.1 Å². The van der Waals surface area contributed by atoms with Gasteiger partial charge in [-0.15, -0.1) is 0 Å². The summed E-state index contributed by atoms with van der Waals surface area (Å²) < 4.78 is 39.4. The molecule has 2 aromatic heterocycles. The maximum atomic E-state index is 13.5. The van der Waals surface area contributed by atoms with Crippen LogP contribution in [0.5, 0.6) is 0 Å². The second kappa shape index (κ2) is 4.89. The lowest BCUT2D eigenvalue weighted by molar-refractivity contribution is 0.102. The van der Waals surface area contributed by atoms with Gasteiger partial charge in [-0.1, -0.05) is 0 Å². The number of nitrogens with one attached hydrogen (secondary N) is 2. The van der Waals surface area contributed by atoms with E-state index in [-0.39, 0.29) is 5.56 Å². The number of rotatable bonds is 2. The Bertz CT molecular complexity index is 847. The van der Waals surface area contributed by atoms with Gasteiger partial charge in [0, 0.05) is 6.20 Å². The minimum atomic E-state index is -1.64. The summed E-state index contributed by atoms with van der Waals surface area (Å²) in [6, 6.07) is 3.13. The average Bonchev–Trinajstić information content (AvgIpc) is 2.95. The van der Waals surface area contributed by atoms with Crippen molar-refractivity contribution >= 4 is 22.8 Å². The number of halogens is 3. The lowest BCUT2D eigenvalue weighted by Crippen LogP contribution is -2.14. The van der Waals surface area contributed by atoms with Gasteiger partial charge in [-0.05, 0) is 18.2 Å². The SMILES string of the molecule is O=C(Nc1ccc(F)c(F)c1F)c1cnc2nc[nH]c2c1. The van der Waals surface area contributed by atoms with Gasteiger partial charge >= 0.3 is 0 Å². The van der Waals surface area contributed by atoms with Crippen molar-refractivity contribution in [2.75, 3.05) is 5.32 Å². The number of hydrogen-bond acceptors (Lipinski definition) is 3. The summed E-state index contributed by atoms with van der Waals surface area (Å²) in [5.41, 5.74) is 0.610. The minimum absolute atomic E-state index is 0.121. The molecule has 8 heteroatoms. The number of pyridine rings is 1. The summed E-state index contributed by atoms with van der Waals surface area (Å²) in [6.07, 6.45) is 2.66. The average molecular weight is 292 g/mol. The first-order valence-corrected chi connectivity index (χ1v) is 5.80. The Balaban J connectivity index is 1.91. The molecule has 0 bridgehead atoms. The molecule has 0 saturated heterocycles. The summed E-state index contributed by atoms with van der Waals surface area (Å²) in [5, 5.41) is 2.16. The number of imidazole rings is 1. The molecular weight excluding hydrogens is 285 g/mol. The fourth-order valence-electron chi connectivity index (χ4n) is 1.77. The fourth-order valence-corrected chi connectivity index (χ4v) is 1.77. The Hall–Kier alpha value is -2.90. The molecule has 3 rings (SSSR count). The lowest BCUT2D eigenvalue weighted by atomic mass is 10.2. The summed E-state index contributed by atoms with van der Waals surface area (Å²) in [6.45, 7) is 0. The number of carbonyl (C=O) groups is 1. The number of nitrogens with zero attached hydrogens (tertiary/aromatic N) is 2. The summed E-state index contributed by atoms with van der Waals surface area (Å²) in [7, 11) is 0. The summed E-state index contributed by atoms with van der Waals surface area (Å²) in [5.74, 6) is -5.14. The smallest absolute Gasteiger partial charge is 0.257 e. The zero-order chi connectivity index (χ0) is 15.0. The highest BCUT2D eigenvalue weighted by Crippen LogP contribution is 2.20. The van der Waals surface area contributed by atoms with E-state index in [1.165, 1.54) is 18.6 Å². The van der Waals surface area contributed by atoms with Crippen molar-refractivity contribution in [1.29, 1.82) is 0 Å². The molecule has 2 heterocycles. The van der Waals surface area contributed by atoms with Crippen LogP contribution in [0.25, 0.3) is 11.2 Å². The number of anilines is 1. The van der Waals surface area contributed by atoms with Gasteiger partial charge in [0.15, 0.2) is 23.1 Å². The molecule has 0 spiro atoms. The Morgan fingerprint density at radius 1 is 1.14 bits per heavy atom. The first kappa shape index (κ1) is 13.1. The first-order chi connectivity index (χ1) is 10.1. The molecule has 0 aliphatic heterocycles. The van der Waals surface area contributed by atoms with Gasteiger partial charge in [0.25, 0.3) is 5.91 Å². The Kier molecular flexibility index (Phi) is 3.05. The molecule has 0 aliphatic rings. The van der Waals surface area contributed by atoms with Gasteiger partial charge in [-0.2, -0.15) is 0 Å². The van der Waals surface area contributed by atoms with Gasteiger partial charge in [-0.25, -0.2) is 23.1 Å². The van der Waals surface area contributed by atoms with E-state index in [0.29, 0.717) is 11.2 Å². The van der Waals surface area contributed by atoms with E-state index < -0.39 is 29.0 Å². The number of amides is 1. The Labute approximate surface area is 115 Å². The Morgan fingerprint density at radius 3 is 2.76 bits per heavy atom. The first-order valence-electron chi connectivity index (χ1n) is 5.80. The highest BCUT2D eigenvalue weighted by Gasteiger charge is 2.16. The van der Waals surface area contributed by atoms with E-state index in [1.54, 1.807) is 0 Å². The molecule has 1 aromatic carbocycles. The predicted octanol–water partition coefficient (Wildman–Crippen LogP) is 2.63. The van der Waals surface area contributed by atoms with E-state index >= 15 is 0 Å². The van der Waals surface area contributed by atoms with Crippen molar-refractivity contribution in [2.45, 2.75) is 0 Å². The number of benzene rings is 1. The molecule has 0 atom stereocenters. The quantitative estimate of drug-likeness (QED) is 0.713. The van der Waals surface area contributed by atoms with Crippen LogP contribution < -0.4 is 5.32 Å². The minimum Gasteiger partial charge on any atom is -0.343 e. The second-order valence-electron chi connectivity index (χ2n) is 4.17. The topological polar surface area (TPSA) is 70.7 Å². The van der Waals surface area contributed by atoms with E-state index in [1.807, 2.05) is 0 Å². The number of aromatic nitrogens is 3. The van der Waals surface area contributed by atoms with Crippen LogP contribution in [0.3, 0.4) is 0 Å². The molecule has 0 saturated carbocycles. The van der Waals surface area contributed by atoms with Crippen LogP contribution in [0.2, 0.25) is 0 Å². The molecule has 1 amide bonds. The van der Waals surface area contributed by atoms with Crippen LogP contribution in [-0.2, 0) is 0 Å². The summed E-state index contributed by atoms with van der Waals surface area (Å²) >= 11 is 0. The van der Waals surface area contributed by atoms with Crippen molar-refractivity contribution in [2.24, 2.45) is 0 Å². The predicted molar refractivity (Wildman–Crippen MR) is 68.2 cm³/mol. The zero-order valence-electron chi connectivity index (χ0n) is 10.3. The van der Waals surface area contributed by atoms with Gasteiger partial charge in [0.2, 0.25) is 0 Å². The van der Waals surface area contributed by atoms with Gasteiger partial charge in [-0.3, -0.25) is 4.79 Å². The number of H-pyrrole nitrogens is 1. The maximum Gasteiger partial charge on any atom is 0.257 e. The highest BCUT2D eigenvalue weighted by atomic mass is 19.2. The molecule has 0 radical (unpaired) electrons. The zero-order valence-corrected chi connectivity index (χ0v) is 10.3. The molecule has 3 aromatic rings. The van der Waals surface area contributed by atoms with Crippen LogP contribution in [0, 0.1) is 17.5 Å². The Morgan fingerprint density at radius 2 is 1.95 bits per heavy atom. The van der Waals surface area contributed by atoms with Crippen LogP contribution in [0.15, 0.2) is 30.7 Å².